The number of carbonyl (C=O) groups excluding carboxylic acids is 5. The summed E-state index contributed by atoms with van der Waals surface area (Å²) in [6.45, 7) is 5.94. The number of thiazole rings is 1. The molecular formula is C20H26N2O11S. The van der Waals surface area contributed by atoms with E-state index in [2.05, 4.69) is 10.3 Å². The van der Waals surface area contributed by atoms with E-state index in [1.54, 1.807) is 6.92 Å². The fourth-order valence-electron chi connectivity index (χ4n) is 3.17. The largest absolute Gasteiger partial charge is 0.463 e. The van der Waals surface area contributed by atoms with Crippen molar-refractivity contribution in [1.82, 2.24) is 4.98 Å². The van der Waals surface area contributed by atoms with Crippen molar-refractivity contribution in [3.05, 3.63) is 11.2 Å². The molecule has 34 heavy (non-hydrogen) atoms. The van der Waals surface area contributed by atoms with Gasteiger partial charge in [-0.1, -0.05) is 0 Å². The third kappa shape index (κ3) is 7.38. The molecule has 0 aromatic carbocycles. The van der Waals surface area contributed by atoms with E-state index < -0.39 is 60.5 Å². The first-order chi connectivity index (χ1) is 16.0. The monoisotopic (exact) mass is 502 g/mol. The second kappa shape index (κ2) is 12.3. The number of nitrogens with one attached hydrogen (secondary N) is 1. The molecule has 0 unspecified atom stereocenters. The number of rotatable bonds is 9. The van der Waals surface area contributed by atoms with Gasteiger partial charge in [0.05, 0.1) is 12.1 Å². The van der Waals surface area contributed by atoms with E-state index in [9.17, 15) is 24.0 Å². The molecule has 1 aliphatic heterocycles. The molecule has 1 aliphatic rings. The smallest absolute Gasteiger partial charge is 0.360 e. The summed E-state index contributed by atoms with van der Waals surface area (Å²) >= 11 is 1.04. The van der Waals surface area contributed by atoms with Crippen LogP contribution in [-0.4, -0.2) is 78.7 Å². The molecule has 0 radical (unpaired) electrons. The van der Waals surface area contributed by atoms with Gasteiger partial charge in [0.1, 0.15) is 17.7 Å². The minimum atomic E-state index is -1.34. The highest BCUT2D eigenvalue weighted by molar-refractivity contribution is 7.14. The molecular weight excluding hydrogens is 476 g/mol. The van der Waals surface area contributed by atoms with E-state index in [0.29, 0.717) is 0 Å². The van der Waals surface area contributed by atoms with Crippen molar-refractivity contribution in [2.24, 2.45) is 0 Å². The molecule has 188 valence electrons. The molecule has 1 aromatic rings. The summed E-state index contributed by atoms with van der Waals surface area (Å²) in [5, 5.41) is 3.12. The SMILES string of the molecule is CCOC(=O)c1ncsc1N[C@@H]1O[C@H](COC(C)=O)[C@@H](OC(C)=O)[C@H](OC(C)=O)[C@H]1OC(C)=O. The molecule has 2 heterocycles. The molecule has 0 spiro atoms. The summed E-state index contributed by atoms with van der Waals surface area (Å²) in [6.07, 6.45) is -6.30. The maximum absolute atomic E-state index is 12.2. The lowest BCUT2D eigenvalue weighted by Crippen LogP contribution is -2.64. The van der Waals surface area contributed by atoms with Crippen LogP contribution in [0.2, 0.25) is 0 Å². The number of carbonyl (C=O) groups is 5. The number of hydrogen-bond acceptors (Lipinski definition) is 14. The zero-order chi connectivity index (χ0) is 25.4. The lowest BCUT2D eigenvalue weighted by molar-refractivity contribution is -0.247. The molecule has 13 nitrogen and oxygen atoms in total. The predicted molar refractivity (Wildman–Crippen MR) is 114 cm³/mol. The average molecular weight is 502 g/mol. The standard InChI is InChI=1S/C20H26N2O11S/c1-6-28-20(27)14-19(34-8-21-14)22-18-17(32-12(5)26)16(31-11(4)25)15(30-10(3)24)13(33-18)7-29-9(2)23/h8,13,15-18,22H,6-7H2,1-5H3/t13-,15-,16+,17-,18-/m1/s1. The van der Waals surface area contributed by atoms with Gasteiger partial charge < -0.3 is 33.7 Å². The molecule has 1 N–H and O–H groups in total. The molecule has 0 amide bonds. The van der Waals surface area contributed by atoms with E-state index in [1.807, 2.05) is 0 Å². The summed E-state index contributed by atoms with van der Waals surface area (Å²) in [5.41, 5.74) is 1.35. The highest BCUT2D eigenvalue weighted by Gasteiger charge is 2.52. The first kappa shape index (κ1) is 27.0. The van der Waals surface area contributed by atoms with Gasteiger partial charge in [-0.25, -0.2) is 9.78 Å². The second-order valence-electron chi connectivity index (χ2n) is 7.01. The van der Waals surface area contributed by atoms with Crippen LogP contribution in [0.5, 0.6) is 0 Å². The number of anilines is 1. The van der Waals surface area contributed by atoms with Crippen LogP contribution in [-0.2, 0) is 47.6 Å². The first-order valence-corrected chi connectivity index (χ1v) is 11.1. The Labute approximate surface area is 199 Å². The van der Waals surface area contributed by atoms with Crippen LogP contribution in [0.4, 0.5) is 5.00 Å². The Bertz CT molecular complexity index is 918. The van der Waals surface area contributed by atoms with Gasteiger partial charge in [0.15, 0.2) is 30.2 Å². The van der Waals surface area contributed by atoms with E-state index in [1.165, 1.54) is 12.4 Å². The van der Waals surface area contributed by atoms with Gasteiger partial charge in [-0.2, -0.15) is 0 Å². The number of ether oxygens (including phenoxy) is 6. The van der Waals surface area contributed by atoms with Gasteiger partial charge in [-0.3, -0.25) is 19.2 Å². The average Bonchev–Trinajstić information content (AvgIpc) is 3.18. The topological polar surface area (TPSA) is 166 Å². The van der Waals surface area contributed by atoms with Gasteiger partial charge in [-0.15, -0.1) is 11.3 Å². The van der Waals surface area contributed by atoms with Crippen molar-refractivity contribution >= 4 is 46.2 Å². The van der Waals surface area contributed by atoms with E-state index >= 15 is 0 Å². The number of nitrogens with zero attached hydrogens (tertiary/aromatic N) is 1. The van der Waals surface area contributed by atoms with Crippen molar-refractivity contribution in [2.45, 2.75) is 65.3 Å². The summed E-state index contributed by atoms with van der Waals surface area (Å²) in [5.74, 6) is -3.56. The number of esters is 5. The third-order valence-electron chi connectivity index (χ3n) is 4.30. The molecule has 0 bridgehead atoms. The van der Waals surface area contributed by atoms with E-state index in [-0.39, 0.29) is 23.9 Å². The predicted octanol–water partition coefficient (Wildman–Crippen LogP) is 0.815. The maximum atomic E-state index is 12.2. The van der Waals surface area contributed by atoms with Crippen molar-refractivity contribution < 1.29 is 52.4 Å². The van der Waals surface area contributed by atoms with Crippen LogP contribution in [0.1, 0.15) is 45.1 Å². The molecule has 1 saturated heterocycles. The fraction of sp³-hybridized carbons (Fsp3) is 0.600. The number of hydrogen-bond donors (Lipinski definition) is 1. The van der Waals surface area contributed by atoms with Crippen LogP contribution in [0, 0.1) is 0 Å². The summed E-state index contributed by atoms with van der Waals surface area (Å²) in [6, 6.07) is 0. The van der Waals surface area contributed by atoms with Gasteiger partial charge in [0.25, 0.3) is 0 Å². The quantitative estimate of drug-likeness (QED) is 0.373. The van der Waals surface area contributed by atoms with Gasteiger partial charge in [0, 0.05) is 27.7 Å². The Hall–Kier alpha value is -3.26. The lowest BCUT2D eigenvalue weighted by atomic mass is 9.97. The zero-order valence-electron chi connectivity index (χ0n) is 19.2. The molecule has 2 rings (SSSR count). The fourth-order valence-corrected chi connectivity index (χ4v) is 3.86. The molecule has 14 heteroatoms. The molecule has 5 atom stereocenters. The highest BCUT2D eigenvalue weighted by atomic mass is 32.1. The van der Waals surface area contributed by atoms with Crippen LogP contribution < -0.4 is 5.32 Å². The Morgan fingerprint density at radius 2 is 1.50 bits per heavy atom. The van der Waals surface area contributed by atoms with Crippen LogP contribution in [0.15, 0.2) is 5.51 Å². The highest BCUT2D eigenvalue weighted by Crippen LogP contribution is 2.32. The molecule has 1 fully saturated rings. The summed E-state index contributed by atoms with van der Waals surface area (Å²) in [7, 11) is 0. The number of aromatic nitrogens is 1. The Morgan fingerprint density at radius 1 is 0.912 bits per heavy atom. The maximum Gasteiger partial charge on any atom is 0.360 e. The van der Waals surface area contributed by atoms with E-state index in [0.717, 1.165) is 32.1 Å². The van der Waals surface area contributed by atoms with Crippen LogP contribution in [0.25, 0.3) is 0 Å². The first-order valence-electron chi connectivity index (χ1n) is 10.2. The minimum Gasteiger partial charge on any atom is -0.463 e. The van der Waals surface area contributed by atoms with Crippen molar-refractivity contribution in [3.8, 4) is 0 Å². The second-order valence-corrected chi connectivity index (χ2v) is 7.87. The lowest BCUT2D eigenvalue weighted by Gasteiger charge is -2.44. The summed E-state index contributed by atoms with van der Waals surface area (Å²) in [4.78, 5) is 63.1. The van der Waals surface area contributed by atoms with Crippen LogP contribution >= 0.6 is 11.3 Å². The van der Waals surface area contributed by atoms with Crippen molar-refractivity contribution in [1.29, 1.82) is 0 Å². The van der Waals surface area contributed by atoms with Gasteiger partial charge in [-0.05, 0) is 6.92 Å². The third-order valence-corrected chi connectivity index (χ3v) is 5.06. The molecule has 1 aromatic heterocycles. The summed E-state index contributed by atoms with van der Waals surface area (Å²) < 4.78 is 32.0. The van der Waals surface area contributed by atoms with Crippen LogP contribution in [0.3, 0.4) is 0 Å². The Morgan fingerprint density at radius 3 is 2.06 bits per heavy atom. The van der Waals surface area contributed by atoms with Gasteiger partial charge >= 0.3 is 29.8 Å². The van der Waals surface area contributed by atoms with E-state index in [4.69, 9.17) is 28.4 Å². The normalized spacial score (nSPS) is 23.9. The van der Waals surface area contributed by atoms with Crippen molar-refractivity contribution in [2.75, 3.05) is 18.5 Å². The Kier molecular flexibility index (Phi) is 9.74. The zero-order valence-corrected chi connectivity index (χ0v) is 20.0. The molecule has 0 saturated carbocycles. The Balaban J connectivity index is 2.47. The van der Waals surface area contributed by atoms with Gasteiger partial charge in [0.2, 0.25) is 0 Å². The minimum absolute atomic E-state index is 0.0419. The molecule has 0 aliphatic carbocycles. The van der Waals surface area contributed by atoms with Crippen molar-refractivity contribution in [3.63, 3.8) is 0 Å².